The van der Waals surface area contributed by atoms with Gasteiger partial charge in [-0.3, -0.25) is 4.90 Å². The molecule has 2 saturated heterocycles. The first-order valence-corrected chi connectivity index (χ1v) is 8.01. The number of rotatable bonds is 3. The normalized spacial score (nSPS) is 26.1. The second-order valence-electron chi connectivity index (χ2n) is 6.23. The monoisotopic (exact) mass is 288 g/mol. The number of nitrogens with zero attached hydrogens (tertiary/aromatic N) is 1. The minimum Gasteiger partial charge on any atom is -0.462 e. The molecule has 2 heterocycles. The van der Waals surface area contributed by atoms with Crippen LogP contribution in [-0.2, 0) is 4.74 Å². The van der Waals surface area contributed by atoms with Gasteiger partial charge in [-0.2, -0.15) is 0 Å². The number of carbonyl (C=O) groups is 1. The van der Waals surface area contributed by atoms with Gasteiger partial charge >= 0.3 is 5.97 Å². The molecule has 2 atom stereocenters. The van der Waals surface area contributed by atoms with Crippen LogP contribution >= 0.6 is 0 Å². The van der Waals surface area contributed by atoms with Gasteiger partial charge in [0.1, 0.15) is 0 Å². The van der Waals surface area contributed by atoms with Gasteiger partial charge in [0.15, 0.2) is 0 Å². The molecule has 0 spiro atoms. The predicted molar refractivity (Wildman–Crippen MR) is 83.1 cm³/mol. The predicted octanol–water partition coefficient (Wildman–Crippen LogP) is 2.69. The maximum Gasteiger partial charge on any atom is 0.338 e. The fourth-order valence-corrected chi connectivity index (χ4v) is 3.70. The standard InChI is InChI=1S/C17H24N2O2/c18-15-7-3-5-13(11-15)17(20)21-12-14-6-4-10-19-9-2-1-8-16(14)19/h3,5,7,11,14,16H,1-2,4,6,8-10,12,18H2/t14-,16+/m0/s1. The molecule has 3 rings (SSSR count). The van der Waals surface area contributed by atoms with E-state index >= 15 is 0 Å². The summed E-state index contributed by atoms with van der Waals surface area (Å²) in [5, 5.41) is 0. The number of ether oxygens (including phenoxy) is 1. The van der Waals surface area contributed by atoms with E-state index in [4.69, 9.17) is 10.5 Å². The molecule has 21 heavy (non-hydrogen) atoms. The van der Waals surface area contributed by atoms with E-state index in [-0.39, 0.29) is 5.97 Å². The molecule has 1 aromatic carbocycles. The van der Waals surface area contributed by atoms with E-state index < -0.39 is 0 Å². The summed E-state index contributed by atoms with van der Waals surface area (Å²) in [7, 11) is 0. The van der Waals surface area contributed by atoms with Crippen molar-refractivity contribution >= 4 is 11.7 Å². The number of nitrogen functional groups attached to an aromatic ring is 1. The third kappa shape index (κ3) is 3.38. The van der Waals surface area contributed by atoms with Crippen LogP contribution in [0.2, 0.25) is 0 Å². The molecule has 0 unspecified atom stereocenters. The molecule has 0 radical (unpaired) electrons. The molecule has 2 aliphatic rings. The van der Waals surface area contributed by atoms with Crippen LogP contribution in [0.4, 0.5) is 5.69 Å². The zero-order chi connectivity index (χ0) is 14.7. The van der Waals surface area contributed by atoms with Crippen molar-refractivity contribution in [3.8, 4) is 0 Å². The molecule has 1 aromatic rings. The molecule has 4 nitrogen and oxygen atoms in total. The third-order valence-corrected chi connectivity index (χ3v) is 4.78. The van der Waals surface area contributed by atoms with Crippen molar-refractivity contribution in [1.82, 2.24) is 4.90 Å². The van der Waals surface area contributed by atoms with Gasteiger partial charge in [-0.1, -0.05) is 12.5 Å². The number of fused-ring (bicyclic) bond motifs is 1. The van der Waals surface area contributed by atoms with Crippen LogP contribution in [0.15, 0.2) is 24.3 Å². The Bertz CT molecular complexity index is 501. The summed E-state index contributed by atoms with van der Waals surface area (Å²) < 4.78 is 5.55. The van der Waals surface area contributed by atoms with E-state index in [0.717, 1.165) is 0 Å². The molecule has 4 heteroatoms. The summed E-state index contributed by atoms with van der Waals surface area (Å²) in [5.74, 6) is 0.235. The van der Waals surface area contributed by atoms with Crippen LogP contribution in [0.25, 0.3) is 0 Å². The van der Waals surface area contributed by atoms with Crippen molar-refractivity contribution in [2.75, 3.05) is 25.4 Å². The molecule has 0 amide bonds. The Balaban J connectivity index is 1.57. The minimum absolute atomic E-state index is 0.254. The van der Waals surface area contributed by atoms with E-state index in [1.54, 1.807) is 24.3 Å². The molecule has 2 aliphatic heterocycles. The van der Waals surface area contributed by atoms with Gasteiger partial charge in [0.2, 0.25) is 0 Å². The first kappa shape index (κ1) is 14.4. The number of benzene rings is 1. The fourth-order valence-electron chi connectivity index (χ4n) is 3.70. The smallest absolute Gasteiger partial charge is 0.338 e. The number of carbonyl (C=O) groups excluding carboxylic acids is 1. The Kier molecular flexibility index (Phi) is 4.44. The average Bonchev–Trinajstić information content (AvgIpc) is 2.52. The van der Waals surface area contributed by atoms with Crippen molar-refractivity contribution in [1.29, 1.82) is 0 Å². The van der Waals surface area contributed by atoms with Gasteiger partial charge in [0.05, 0.1) is 12.2 Å². The molecule has 2 fully saturated rings. The molecule has 2 N–H and O–H groups in total. The summed E-state index contributed by atoms with van der Waals surface area (Å²) >= 11 is 0. The van der Waals surface area contributed by atoms with Crippen molar-refractivity contribution in [2.24, 2.45) is 5.92 Å². The number of hydrogen-bond acceptors (Lipinski definition) is 4. The summed E-state index contributed by atoms with van der Waals surface area (Å²) in [4.78, 5) is 14.7. The second-order valence-corrected chi connectivity index (χ2v) is 6.23. The van der Waals surface area contributed by atoms with Gasteiger partial charge in [-0.25, -0.2) is 4.79 Å². The van der Waals surface area contributed by atoms with E-state index in [2.05, 4.69) is 4.90 Å². The zero-order valence-corrected chi connectivity index (χ0v) is 12.5. The van der Waals surface area contributed by atoms with Crippen molar-refractivity contribution in [3.05, 3.63) is 29.8 Å². The van der Waals surface area contributed by atoms with Crippen LogP contribution in [0.5, 0.6) is 0 Å². The number of esters is 1. The van der Waals surface area contributed by atoms with Gasteiger partial charge < -0.3 is 10.5 Å². The molecule has 0 aliphatic carbocycles. The van der Waals surface area contributed by atoms with E-state index in [1.165, 1.54) is 45.2 Å². The maximum absolute atomic E-state index is 12.1. The van der Waals surface area contributed by atoms with Crippen LogP contribution in [-0.4, -0.2) is 36.6 Å². The van der Waals surface area contributed by atoms with E-state index in [9.17, 15) is 4.79 Å². The maximum atomic E-state index is 12.1. The topological polar surface area (TPSA) is 55.6 Å². The fraction of sp³-hybridized carbons (Fsp3) is 0.588. The van der Waals surface area contributed by atoms with E-state index in [0.29, 0.717) is 29.8 Å². The Morgan fingerprint density at radius 1 is 1.24 bits per heavy atom. The Morgan fingerprint density at radius 3 is 2.95 bits per heavy atom. The minimum atomic E-state index is -0.254. The summed E-state index contributed by atoms with van der Waals surface area (Å²) in [6.07, 6.45) is 6.26. The molecular weight excluding hydrogens is 264 g/mol. The zero-order valence-electron chi connectivity index (χ0n) is 12.5. The average molecular weight is 288 g/mol. The van der Waals surface area contributed by atoms with Crippen LogP contribution in [0.1, 0.15) is 42.5 Å². The van der Waals surface area contributed by atoms with Gasteiger partial charge in [0, 0.05) is 17.6 Å². The van der Waals surface area contributed by atoms with Gasteiger partial charge in [-0.05, 0) is 57.0 Å². The van der Waals surface area contributed by atoms with E-state index in [1.807, 2.05) is 0 Å². The Labute approximate surface area is 126 Å². The highest BCUT2D eigenvalue weighted by atomic mass is 16.5. The lowest BCUT2D eigenvalue weighted by Gasteiger charge is -2.44. The summed E-state index contributed by atoms with van der Waals surface area (Å²) in [6, 6.07) is 7.61. The first-order valence-electron chi connectivity index (χ1n) is 8.01. The summed E-state index contributed by atoms with van der Waals surface area (Å²) in [6.45, 7) is 2.96. The number of anilines is 1. The highest BCUT2D eigenvalue weighted by Gasteiger charge is 2.33. The highest BCUT2D eigenvalue weighted by molar-refractivity contribution is 5.90. The van der Waals surface area contributed by atoms with Crippen LogP contribution < -0.4 is 5.73 Å². The lowest BCUT2D eigenvalue weighted by molar-refractivity contribution is 0.00739. The summed E-state index contributed by atoms with van der Waals surface area (Å²) in [5.41, 5.74) is 6.85. The highest BCUT2D eigenvalue weighted by Crippen LogP contribution is 2.31. The van der Waals surface area contributed by atoms with Gasteiger partial charge in [0.25, 0.3) is 0 Å². The van der Waals surface area contributed by atoms with Gasteiger partial charge in [-0.15, -0.1) is 0 Å². The molecule has 0 bridgehead atoms. The Morgan fingerprint density at radius 2 is 2.10 bits per heavy atom. The molecule has 114 valence electrons. The molecular formula is C17H24N2O2. The SMILES string of the molecule is Nc1cccc(C(=O)OC[C@@H]2CCCN3CCCC[C@H]23)c1. The van der Waals surface area contributed by atoms with Crippen molar-refractivity contribution in [3.63, 3.8) is 0 Å². The first-order chi connectivity index (χ1) is 10.2. The van der Waals surface area contributed by atoms with Crippen molar-refractivity contribution < 1.29 is 9.53 Å². The second kappa shape index (κ2) is 6.48. The number of piperidine rings is 2. The lowest BCUT2D eigenvalue weighted by Crippen LogP contribution is -2.49. The molecule has 0 aromatic heterocycles. The van der Waals surface area contributed by atoms with Crippen molar-refractivity contribution in [2.45, 2.75) is 38.1 Å². The quantitative estimate of drug-likeness (QED) is 0.686. The third-order valence-electron chi connectivity index (χ3n) is 4.78. The van der Waals surface area contributed by atoms with Crippen LogP contribution in [0.3, 0.4) is 0 Å². The number of nitrogens with two attached hydrogens (primary N) is 1. The molecule has 0 saturated carbocycles. The largest absolute Gasteiger partial charge is 0.462 e. The Hall–Kier alpha value is -1.55. The lowest BCUT2D eigenvalue weighted by atomic mass is 9.84. The van der Waals surface area contributed by atoms with Crippen LogP contribution in [0, 0.1) is 5.92 Å². The number of hydrogen-bond donors (Lipinski definition) is 1.